The Morgan fingerprint density at radius 2 is 2.31 bits per heavy atom. The summed E-state index contributed by atoms with van der Waals surface area (Å²) >= 11 is 9.51. The van der Waals surface area contributed by atoms with Crippen LogP contribution in [0.5, 0.6) is 0 Å². The summed E-state index contributed by atoms with van der Waals surface area (Å²) in [5.74, 6) is 0. The molecule has 68 valence electrons. The molecule has 0 N–H and O–H groups in total. The van der Waals surface area contributed by atoms with E-state index in [1.807, 2.05) is 25.1 Å². The van der Waals surface area contributed by atoms with Crippen molar-refractivity contribution in [3.05, 3.63) is 27.8 Å². The zero-order chi connectivity index (χ0) is 9.42. The number of aromatic nitrogens is 2. The Labute approximate surface area is 89.6 Å². The van der Waals surface area contributed by atoms with Crippen LogP contribution in [0.25, 0.3) is 10.9 Å². The number of halogens is 2. The first-order chi connectivity index (χ1) is 6.22. The molecular weight excluding hydrogens is 251 g/mol. The van der Waals surface area contributed by atoms with Gasteiger partial charge in [0.25, 0.3) is 0 Å². The number of rotatable bonds is 1. The minimum absolute atomic E-state index is 0.707. The Balaban J connectivity index is 2.77. The molecule has 0 saturated heterocycles. The minimum Gasteiger partial charge on any atom is -0.253 e. The highest BCUT2D eigenvalue weighted by Crippen LogP contribution is 2.26. The van der Waals surface area contributed by atoms with E-state index in [-0.39, 0.29) is 0 Å². The van der Waals surface area contributed by atoms with Crippen molar-refractivity contribution in [2.24, 2.45) is 0 Å². The van der Waals surface area contributed by atoms with Crippen molar-refractivity contribution >= 4 is 38.4 Å². The standard InChI is InChI=1S/C9H8BrClN2/c1-2-13-9(11)7-5-6(10)3-4-8(7)12-13/h3-5H,2H2,1H3. The molecule has 4 heteroatoms. The van der Waals surface area contributed by atoms with Gasteiger partial charge in [0.15, 0.2) is 0 Å². The summed E-state index contributed by atoms with van der Waals surface area (Å²) in [4.78, 5) is 0. The third-order valence-corrected chi connectivity index (χ3v) is 2.83. The molecule has 1 aromatic heterocycles. The first-order valence-electron chi connectivity index (χ1n) is 4.04. The van der Waals surface area contributed by atoms with Crippen molar-refractivity contribution < 1.29 is 0 Å². The molecule has 1 heterocycles. The average Bonchev–Trinajstić information content (AvgIpc) is 2.44. The highest BCUT2D eigenvalue weighted by molar-refractivity contribution is 9.10. The zero-order valence-corrected chi connectivity index (χ0v) is 9.43. The van der Waals surface area contributed by atoms with Gasteiger partial charge in [-0.2, -0.15) is 5.10 Å². The van der Waals surface area contributed by atoms with Crippen LogP contribution in [0.15, 0.2) is 22.7 Å². The topological polar surface area (TPSA) is 17.8 Å². The second kappa shape index (κ2) is 3.31. The second-order valence-electron chi connectivity index (χ2n) is 2.77. The van der Waals surface area contributed by atoms with Crippen LogP contribution in [0.2, 0.25) is 5.15 Å². The minimum atomic E-state index is 0.707. The third kappa shape index (κ3) is 1.46. The predicted molar refractivity (Wildman–Crippen MR) is 58.1 cm³/mol. The quantitative estimate of drug-likeness (QED) is 0.767. The lowest BCUT2D eigenvalue weighted by atomic mass is 10.3. The van der Waals surface area contributed by atoms with Crippen molar-refractivity contribution in [2.75, 3.05) is 0 Å². The summed E-state index contributed by atoms with van der Waals surface area (Å²) in [7, 11) is 0. The molecular formula is C9H8BrClN2. The fourth-order valence-electron chi connectivity index (χ4n) is 1.28. The van der Waals surface area contributed by atoms with Gasteiger partial charge in [0, 0.05) is 16.4 Å². The van der Waals surface area contributed by atoms with E-state index in [9.17, 15) is 0 Å². The molecule has 1 aromatic carbocycles. The van der Waals surface area contributed by atoms with Crippen LogP contribution in [0, 0.1) is 0 Å². The molecule has 0 bridgehead atoms. The van der Waals surface area contributed by atoms with E-state index in [0.717, 1.165) is 21.9 Å². The fraction of sp³-hybridized carbons (Fsp3) is 0.222. The van der Waals surface area contributed by atoms with Gasteiger partial charge < -0.3 is 0 Å². The Bertz CT molecular complexity index is 450. The molecule has 0 unspecified atom stereocenters. The number of nitrogens with zero attached hydrogens (tertiary/aromatic N) is 2. The van der Waals surface area contributed by atoms with Gasteiger partial charge in [0.05, 0.1) is 5.52 Å². The van der Waals surface area contributed by atoms with Gasteiger partial charge >= 0.3 is 0 Å². The fourth-order valence-corrected chi connectivity index (χ4v) is 1.95. The Morgan fingerprint density at radius 3 is 3.00 bits per heavy atom. The van der Waals surface area contributed by atoms with Crippen molar-refractivity contribution in [1.82, 2.24) is 9.78 Å². The van der Waals surface area contributed by atoms with Crippen molar-refractivity contribution in [2.45, 2.75) is 13.5 Å². The van der Waals surface area contributed by atoms with E-state index >= 15 is 0 Å². The molecule has 0 aliphatic heterocycles. The molecule has 0 aliphatic carbocycles. The molecule has 0 aliphatic rings. The summed E-state index contributed by atoms with van der Waals surface area (Å²) in [6.07, 6.45) is 0. The van der Waals surface area contributed by atoms with Gasteiger partial charge in [-0.1, -0.05) is 27.5 Å². The largest absolute Gasteiger partial charge is 0.253 e. The predicted octanol–water partition coefficient (Wildman–Crippen LogP) is 3.47. The highest BCUT2D eigenvalue weighted by atomic mass is 79.9. The van der Waals surface area contributed by atoms with Crippen LogP contribution in [0.3, 0.4) is 0 Å². The molecule has 0 atom stereocenters. The molecule has 2 aromatic rings. The smallest absolute Gasteiger partial charge is 0.134 e. The maximum atomic E-state index is 6.11. The lowest BCUT2D eigenvalue weighted by molar-refractivity contribution is 0.669. The molecule has 2 nitrogen and oxygen atoms in total. The number of aryl methyl sites for hydroxylation is 1. The van der Waals surface area contributed by atoms with E-state index in [1.54, 1.807) is 4.68 Å². The molecule has 2 rings (SSSR count). The summed E-state index contributed by atoms with van der Waals surface area (Å²) in [5.41, 5.74) is 0.940. The Morgan fingerprint density at radius 1 is 1.54 bits per heavy atom. The van der Waals surface area contributed by atoms with Crippen molar-refractivity contribution in [3.8, 4) is 0 Å². The van der Waals surface area contributed by atoms with E-state index in [2.05, 4.69) is 21.0 Å². The van der Waals surface area contributed by atoms with Crippen molar-refractivity contribution in [1.29, 1.82) is 0 Å². The summed E-state index contributed by atoms with van der Waals surface area (Å²) in [6, 6.07) is 5.90. The monoisotopic (exact) mass is 258 g/mol. The molecule has 0 amide bonds. The Hall–Kier alpha value is -0.540. The average molecular weight is 260 g/mol. The zero-order valence-electron chi connectivity index (χ0n) is 7.09. The lowest BCUT2D eigenvalue weighted by Crippen LogP contribution is -1.94. The van der Waals surface area contributed by atoms with Gasteiger partial charge in [0.2, 0.25) is 0 Å². The lowest BCUT2D eigenvalue weighted by Gasteiger charge is -1.94. The Kier molecular flexibility index (Phi) is 2.30. The molecule has 0 spiro atoms. The maximum Gasteiger partial charge on any atom is 0.134 e. The van der Waals surface area contributed by atoms with Gasteiger partial charge in [-0.05, 0) is 25.1 Å². The van der Waals surface area contributed by atoms with E-state index in [0.29, 0.717) is 5.15 Å². The first kappa shape index (κ1) is 9.03. The number of fused-ring (bicyclic) bond motifs is 1. The SMILES string of the molecule is CCn1nc2ccc(Br)cc2c1Cl. The van der Waals surface area contributed by atoms with E-state index < -0.39 is 0 Å². The second-order valence-corrected chi connectivity index (χ2v) is 4.04. The summed E-state index contributed by atoms with van der Waals surface area (Å²) < 4.78 is 2.82. The van der Waals surface area contributed by atoms with Gasteiger partial charge in [-0.3, -0.25) is 4.68 Å². The van der Waals surface area contributed by atoms with Crippen LogP contribution in [0.4, 0.5) is 0 Å². The maximum absolute atomic E-state index is 6.11. The van der Waals surface area contributed by atoms with Gasteiger partial charge in [-0.15, -0.1) is 0 Å². The van der Waals surface area contributed by atoms with Crippen LogP contribution in [-0.4, -0.2) is 9.78 Å². The van der Waals surface area contributed by atoms with E-state index in [4.69, 9.17) is 11.6 Å². The van der Waals surface area contributed by atoms with Crippen LogP contribution < -0.4 is 0 Å². The summed E-state index contributed by atoms with van der Waals surface area (Å²) in [5, 5.41) is 6.04. The molecule has 0 saturated carbocycles. The number of hydrogen-bond donors (Lipinski definition) is 0. The highest BCUT2D eigenvalue weighted by Gasteiger charge is 2.07. The third-order valence-electron chi connectivity index (χ3n) is 1.94. The summed E-state index contributed by atoms with van der Waals surface area (Å²) in [6.45, 7) is 2.82. The number of hydrogen-bond acceptors (Lipinski definition) is 1. The molecule has 0 radical (unpaired) electrons. The van der Waals surface area contributed by atoms with Crippen LogP contribution >= 0.6 is 27.5 Å². The van der Waals surface area contributed by atoms with Gasteiger partial charge in [-0.25, -0.2) is 0 Å². The molecule has 0 fully saturated rings. The van der Waals surface area contributed by atoms with Gasteiger partial charge in [0.1, 0.15) is 5.15 Å². The molecule has 13 heavy (non-hydrogen) atoms. The van der Waals surface area contributed by atoms with Crippen LogP contribution in [0.1, 0.15) is 6.92 Å². The van der Waals surface area contributed by atoms with Crippen LogP contribution in [-0.2, 0) is 6.54 Å². The van der Waals surface area contributed by atoms with E-state index in [1.165, 1.54) is 0 Å². The van der Waals surface area contributed by atoms with Crippen molar-refractivity contribution in [3.63, 3.8) is 0 Å². The normalized spacial score (nSPS) is 11.0. The first-order valence-corrected chi connectivity index (χ1v) is 5.21. The number of benzene rings is 1.